The van der Waals surface area contributed by atoms with Crippen molar-refractivity contribution in [1.82, 2.24) is 52.8 Å². The summed E-state index contributed by atoms with van der Waals surface area (Å²) in [6.45, 7) is -1.01. The van der Waals surface area contributed by atoms with Gasteiger partial charge in [0.05, 0.1) is 18.9 Å². The summed E-state index contributed by atoms with van der Waals surface area (Å²) in [5.74, 6) is -11.5. The number of carbonyl (C=O) groups is 11. The number of hydrogen-bond donors (Lipinski definition) is 14. The van der Waals surface area contributed by atoms with Gasteiger partial charge in [-0.1, -0.05) is 60.7 Å². The molecule has 84 heavy (non-hydrogen) atoms. The molecule has 1 aromatic heterocycles. The molecule has 454 valence electrons. The van der Waals surface area contributed by atoms with E-state index in [9.17, 15) is 71.4 Å². The molecule has 3 aromatic carbocycles. The minimum atomic E-state index is -4.92. The van der Waals surface area contributed by atoms with Crippen molar-refractivity contribution < 1.29 is 80.1 Å². The van der Waals surface area contributed by atoms with E-state index in [1.54, 1.807) is 73.3 Å². The average molecular weight is 1230 g/mol. The molecule has 0 saturated carbocycles. The zero-order chi connectivity index (χ0) is 61.5. The zero-order valence-corrected chi connectivity index (χ0v) is 48.0. The van der Waals surface area contributed by atoms with Crippen LogP contribution in [0.15, 0.2) is 85.1 Å². The number of aliphatic carboxylic acids is 2. The molecule has 9 amide bonds. The van der Waals surface area contributed by atoms with Gasteiger partial charge >= 0.3 is 22.3 Å². The number of carboxylic acid groups (broad SMARTS) is 2. The summed E-state index contributed by atoms with van der Waals surface area (Å²) in [5.41, 5.74) is 7.83. The van der Waals surface area contributed by atoms with Crippen LogP contribution in [-0.4, -0.2) is 179 Å². The maximum atomic E-state index is 14.8. The fraction of sp³-hybridized carbons (Fsp3) is 0.415. The molecule has 0 radical (unpaired) electrons. The van der Waals surface area contributed by atoms with E-state index in [4.69, 9.17) is 10.3 Å². The van der Waals surface area contributed by atoms with E-state index in [-0.39, 0.29) is 61.5 Å². The monoisotopic (exact) mass is 1230 g/mol. The average Bonchev–Trinajstić information content (AvgIpc) is 3.68. The Morgan fingerprint density at radius 3 is 1.95 bits per heavy atom. The van der Waals surface area contributed by atoms with Crippen LogP contribution in [0.3, 0.4) is 0 Å². The summed E-state index contributed by atoms with van der Waals surface area (Å²) in [7, 11) is -4.92. The van der Waals surface area contributed by atoms with Crippen LogP contribution in [0.4, 0.5) is 0 Å². The number of hydrogen-bond acceptors (Lipinski definition) is 17. The van der Waals surface area contributed by atoms with Crippen LogP contribution in [0.25, 0.3) is 10.9 Å². The third kappa shape index (κ3) is 21.8. The van der Waals surface area contributed by atoms with Gasteiger partial charge in [-0.15, -0.1) is 0 Å². The molecule has 2 heterocycles. The molecular weight excluding hydrogens is 1160 g/mol. The number of fused-ring (bicyclic) bond motifs is 1. The first-order valence-corrected chi connectivity index (χ1v) is 30.3. The molecule has 15 N–H and O–H groups in total. The predicted molar refractivity (Wildman–Crippen MR) is 307 cm³/mol. The number of aromatic nitrogens is 1. The van der Waals surface area contributed by atoms with Crippen molar-refractivity contribution in [2.24, 2.45) is 5.73 Å². The Morgan fingerprint density at radius 2 is 1.29 bits per heavy atom. The smallest absolute Gasteiger partial charge is 0.446 e. The Bertz CT molecular complexity index is 3120. The second-order valence-electron chi connectivity index (χ2n) is 19.3. The Hall–Kier alpha value is -8.26. The normalized spacial score (nSPS) is 19.7. The maximum absolute atomic E-state index is 14.8. The first-order chi connectivity index (χ1) is 39.9. The lowest BCUT2D eigenvalue weighted by atomic mass is 10.0. The summed E-state index contributed by atoms with van der Waals surface area (Å²) < 4.78 is 36.1. The van der Waals surface area contributed by atoms with Gasteiger partial charge in [0.2, 0.25) is 53.2 Å². The van der Waals surface area contributed by atoms with Crippen molar-refractivity contribution in [3.63, 3.8) is 0 Å². The van der Waals surface area contributed by atoms with E-state index >= 15 is 0 Å². The molecule has 31 heteroatoms. The van der Waals surface area contributed by atoms with Crippen molar-refractivity contribution in [2.75, 3.05) is 37.1 Å². The van der Waals surface area contributed by atoms with Gasteiger partial charge in [0.15, 0.2) is 0 Å². The summed E-state index contributed by atoms with van der Waals surface area (Å²) in [5, 5.41) is 42.7. The van der Waals surface area contributed by atoms with Crippen LogP contribution in [0.2, 0.25) is 0 Å². The highest BCUT2D eigenvalue weighted by molar-refractivity contribution is 7.98. The minimum Gasteiger partial charge on any atom is -0.481 e. The molecule has 1 aliphatic rings. The number of carboxylic acids is 2. The molecule has 1 saturated heterocycles. The van der Waals surface area contributed by atoms with E-state index in [1.807, 2.05) is 0 Å². The van der Waals surface area contributed by atoms with Gasteiger partial charge in [-0.05, 0) is 71.7 Å². The van der Waals surface area contributed by atoms with Gasteiger partial charge in [-0.2, -0.15) is 31.9 Å². The highest BCUT2D eigenvalue weighted by Gasteiger charge is 2.36. The summed E-state index contributed by atoms with van der Waals surface area (Å²) >= 11 is 2.56. The largest absolute Gasteiger partial charge is 0.481 e. The van der Waals surface area contributed by atoms with Crippen LogP contribution in [0, 0.1) is 0 Å². The molecule has 0 spiro atoms. The third-order valence-corrected chi connectivity index (χ3v) is 14.6. The summed E-state index contributed by atoms with van der Waals surface area (Å²) in [4.78, 5) is 154. The van der Waals surface area contributed by atoms with Crippen molar-refractivity contribution in [3.8, 4) is 5.75 Å². The number of carbonyl (C=O) groups excluding carboxylic acids is 9. The van der Waals surface area contributed by atoms with Gasteiger partial charge in [-0.3, -0.25) is 57.3 Å². The highest BCUT2D eigenvalue weighted by atomic mass is 32.3. The van der Waals surface area contributed by atoms with E-state index in [2.05, 4.69) is 57.0 Å². The van der Waals surface area contributed by atoms with Gasteiger partial charge in [0, 0.05) is 55.9 Å². The molecule has 5 rings (SSSR count). The molecule has 0 unspecified atom stereocenters. The van der Waals surface area contributed by atoms with Crippen LogP contribution in [-0.2, 0) is 82.4 Å². The Kier molecular flexibility index (Phi) is 25.8. The lowest BCUT2D eigenvalue weighted by Gasteiger charge is -2.28. The van der Waals surface area contributed by atoms with Crippen LogP contribution in [0.1, 0.15) is 48.8 Å². The number of benzene rings is 3. The van der Waals surface area contributed by atoms with Gasteiger partial charge in [-0.25, -0.2) is 0 Å². The summed E-state index contributed by atoms with van der Waals surface area (Å²) in [6.07, 6.45) is 1.88. The van der Waals surface area contributed by atoms with Crippen molar-refractivity contribution in [1.29, 1.82) is 0 Å². The molecule has 1 fully saturated rings. The van der Waals surface area contributed by atoms with Gasteiger partial charge in [0.1, 0.15) is 48.0 Å². The number of aromatic amines is 1. The topological polar surface area (TPSA) is 442 Å². The third-order valence-electron chi connectivity index (χ3n) is 12.9. The van der Waals surface area contributed by atoms with E-state index < -0.39 is 150 Å². The molecule has 28 nitrogen and oxygen atoms in total. The highest BCUT2D eigenvalue weighted by Crippen LogP contribution is 2.20. The first kappa shape index (κ1) is 66.5. The fourth-order valence-electron chi connectivity index (χ4n) is 8.56. The number of nitrogens with one attached hydrogen (secondary N) is 10. The Morgan fingerprint density at radius 1 is 0.679 bits per heavy atom. The lowest BCUT2D eigenvalue weighted by Crippen LogP contribution is -2.62. The fourth-order valence-corrected chi connectivity index (χ4v) is 9.86. The quantitative estimate of drug-likeness (QED) is 0.0344. The standard InChI is InChI=1S/C53H67N11O17S3/c1-82-20-17-36-48(72)63-41(26-45(68)69)52(76)61-38(22-29-8-4-3-5-9-29)47(71)55-19-16-43(65)57-28-42(53(77)62-40(51(75)59-36)24-31-27-56-35-11-7-6-10-33(31)35)64-49(73)37(18-21-83-2)58-50(74)39(60-46(70)34(54)25-44(66)67)23-30-12-14-32(15-13-30)81-84(78,79)80/h3-15,27,34,36-42,56H,16-26,28,54H2,1-2H3,(H,55,71)(H,57,65)(H,58,74)(H,59,75)(H,60,70)(H,61,76)(H,62,77)(H,63,72)(H,64,73)(H,66,67)(H,68,69)(H,78,79,80)/t34-,36-,37-,38-,39-,40-,41-,42-/m0/s1. The van der Waals surface area contributed by atoms with Gasteiger partial charge in [0.25, 0.3) is 0 Å². The Labute approximate surface area is 490 Å². The van der Waals surface area contributed by atoms with E-state index in [1.165, 1.54) is 35.7 Å². The van der Waals surface area contributed by atoms with Crippen LogP contribution >= 0.6 is 23.5 Å². The molecule has 0 bridgehead atoms. The first-order valence-electron chi connectivity index (χ1n) is 26.1. The SMILES string of the molecule is CSCC[C@@H]1NC(=O)[C@H](Cc2c[nH]c3ccccc23)NC(=O)[C@@H](NC(=O)[C@H](CCSC)NC(=O)[C@H](Cc2ccc(OS(=O)(=O)O)cc2)NC(=O)[C@@H](N)CC(=O)O)CNC(=O)CCNC(=O)[C@H](Cc2ccccc2)NC(=O)[C@H](CC(=O)O)NC1=O. The number of H-pyrrole nitrogens is 1. The van der Waals surface area contributed by atoms with Crippen molar-refractivity contribution in [3.05, 3.63) is 102 Å². The number of thioether (sulfide) groups is 2. The number of rotatable bonds is 24. The molecular formula is C53H67N11O17S3. The number of nitrogens with two attached hydrogens (primary N) is 1. The predicted octanol–water partition coefficient (Wildman–Crippen LogP) is -1.81. The minimum absolute atomic E-state index is 0.0707. The van der Waals surface area contributed by atoms with E-state index in [0.29, 0.717) is 22.0 Å². The van der Waals surface area contributed by atoms with Crippen LogP contribution < -0.4 is 57.8 Å². The lowest BCUT2D eigenvalue weighted by molar-refractivity contribution is -0.141. The second-order valence-corrected chi connectivity index (χ2v) is 22.2. The van der Waals surface area contributed by atoms with Crippen molar-refractivity contribution >= 4 is 110 Å². The molecule has 4 aromatic rings. The van der Waals surface area contributed by atoms with Gasteiger partial charge < -0.3 is 73.0 Å². The molecule has 0 aliphatic carbocycles. The summed E-state index contributed by atoms with van der Waals surface area (Å²) in [6, 6.07) is 7.62. The number of para-hydroxylation sites is 1. The Balaban J connectivity index is 1.52. The van der Waals surface area contributed by atoms with Crippen LogP contribution in [0.5, 0.6) is 5.75 Å². The zero-order valence-electron chi connectivity index (χ0n) is 45.5. The van der Waals surface area contributed by atoms with Crippen molar-refractivity contribution in [2.45, 2.75) is 99.7 Å². The van der Waals surface area contributed by atoms with E-state index in [0.717, 1.165) is 12.1 Å². The molecule has 8 atom stereocenters. The number of amides is 9. The second kappa shape index (κ2) is 32.5. The maximum Gasteiger partial charge on any atom is 0.446 e. The molecule has 1 aliphatic heterocycles.